The molecule has 6 heavy (non-hydrogen) atoms. The van der Waals surface area contributed by atoms with Crippen LogP contribution in [-0.4, -0.2) is 28.8 Å². The van der Waals surface area contributed by atoms with E-state index in [9.17, 15) is 0 Å². The Kier molecular flexibility index (Phi) is 93.6. The molecule has 0 saturated carbocycles. The molecule has 0 aromatic carbocycles. The minimum atomic E-state index is 0. The summed E-state index contributed by atoms with van der Waals surface area (Å²) in [6, 6.07) is 0. The molecule has 2 heteroatoms. The van der Waals surface area contributed by atoms with E-state index in [1.165, 1.54) is 0 Å². The first-order valence-electron chi connectivity index (χ1n) is 1.70. The molecule has 0 fully saturated rings. The Morgan fingerprint density at radius 2 is 1.50 bits per heavy atom. The van der Waals surface area contributed by atoms with Gasteiger partial charge in [0.2, 0.25) is 0 Å². The van der Waals surface area contributed by atoms with Crippen molar-refractivity contribution in [3.05, 3.63) is 6.92 Å². The molecule has 0 N–H and O–H groups in total. The molecule has 0 aromatic rings. The first-order chi connectivity index (χ1) is 2.41. The van der Waals surface area contributed by atoms with Crippen LogP contribution in [0.3, 0.4) is 0 Å². The second-order valence-electron chi connectivity index (χ2n) is 0.289. The molecule has 0 bridgehead atoms. The summed E-state index contributed by atoms with van der Waals surface area (Å²) in [5.41, 5.74) is 0. The molecule has 0 rings (SSSR count). The third-order valence-electron chi connectivity index (χ3n) is 0. The van der Waals surface area contributed by atoms with Crippen LogP contribution in [0.5, 0.6) is 0 Å². The van der Waals surface area contributed by atoms with Gasteiger partial charge in [-0.25, -0.2) is 0 Å². The quantitative estimate of drug-likeness (QED) is 0.257. The van der Waals surface area contributed by atoms with Crippen molar-refractivity contribution in [2.24, 2.45) is 0 Å². The van der Waals surface area contributed by atoms with E-state index in [1.807, 2.05) is 6.92 Å². The third-order valence-corrected chi connectivity index (χ3v) is 0. The van der Waals surface area contributed by atoms with Crippen LogP contribution in [0.4, 0.5) is 0 Å². The Hall–Kier alpha value is 1.12. The maximum absolute atomic E-state index is 4.39. The zero-order valence-electron chi connectivity index (χ0n) is 4.53. The maximum Gasteiger partial charge on any atom is 2.00 e. The Labute approximate surface area is 62.3 Å². The van der Waals surface area contributed by atoms with Gasteiger partial charge in [0.15, 0.2) is 0 Å². The van der Waals surface area contributed by atoms with Gasteiger partial charge in [-0.3, -0.25) is 0 Å². The van der Waals surface area contributed by atoms with Gasteiger partial charge in [0.25, 0.3) is 0 Å². The molecule has 0 atom stereocenters. The van der Waals surface area contributed by atoms with E-state index < -0.39 is 0 Å². The van der Waals surface area contributed by atoms with Gasteiger partial charge >= 0.3 is 23.1 Å². The van der Waals surface area contributed by atoms with Crippen LogP contribution in [0.25, 0.3) is 0 Å². The van der Waals surface area contributed by atoms with Crippen LogP contribution in [0.1, 0.15) is 13.8 Å². The van der Waals surface area contributed by atoms with Gasteiger partial charge in [0, 0.05) is 0 Å². The number of hydrogen-bond acceptors (Lipinski definition) is 1. The predicted molar refractivity (Wildman–Crippen MR) is 34.7 cm³/mol. The van der Waals surface area contributed by atoms with Crippen LogP contribution in [0.2, 0.25) is 0 Å². The van der Waals surface area contributed by atoms with Gasteiger partial charge < -0.3 is 19.6 Å². The van der Waals surface area contributed by atoms with E-state index in [2.05, 4.69) is 19.6 Å². The van der Waals surface area contributed by atoms with Crippen molar-refractivity contribution < 1.29 is 0 Å². The van der Waals surface area contributed by atoms with Crippen LogP contribution in [0.15, 0.2) is 0 Å². The molecular formula is C4H10MgS. The summed E-state index contributed by atoms with van der Waals surface area (Å²) in [4.78, 5) is 0. The molecule has 0 unspecified atom stereocenters. The van der Waals surface area contributed by atoms with Gasteiger partial charge in [-0.1, -0.05) is 6.92 Å². The SMILES string of the molecule is CC[S-].[CH2-]C.[Mg+2]. The van der Waals surface area contributed by atoms with Crippen molar-refractivity contribution in [1.29, 1.82) is 0 Å². The Balaban J connectivity index is -0.0000000275. The van der Waals surface area contributed by atoms with Crippen LogP contribution in [0, 0.1) is 6.92 Å². The molecule has 0 aliphatic carbocycles. The molecule has 0 heterocycles. The number of rotatable bonds is 0. The topological polar surface area (TPSA) is 0 Å². The van der Waals surface area contributed by atoms with E-state index >= 15 is 0 Å². The zero-order valence-corrected chi connectivity index (χ0v) is 6.76. The summed E-state index contributed by atoms with van der Waals surface area (Å²) in [5, 5.41) is 0. The van der Waals surface area contributed by atoms with Crippen molar-refractivity contribution in [2.75, 3.05) is 5.75 Å². The molecule has 0 radical (unpaired) electrons. The molecular weight excluding hydrogens is 104 g/mol. The molecule has 0 aromatic heterocycles. The van der Waals surface area contributed by atoms with Crippen molar-refractivity contribution >= 4 is 35.7 Å². The fourth-order valence-electron chi connectivity index (χ4n) is 0. The normalized spacial score (nSPS) is 4.00. The van der Waals surface area contributed by atoms with E-state index in [0.717, 1.165) is 5.75 Å². The van der Waals surface area contributed by atoms with E-state index in [0.29, 0.717) is 0 Å². The second kappa shape index (κ2) is 35.7. The van der Waals surface area contributed by atoms with Crippen molar-refractivity contribution in [1.82, 2.24) is 0 Å². The summed E-state index contributed by atoms with van der Waals surface area (Å²) >= 11 is 4.39. The summed E-state index contributed by atoms with van der Waals surface area (Å²) in [7, 11) is 0. The molecule has 34 valence electrons. The third kappa shape index (κ3) is 69.6. The summed E-state index contributed by atoms with van der Waals surface area (Å²) in [5.74, 6) is 0.833. The zero-order chi connectivity index (χ0) is 4.71. The molecule has 0 aliphatic rings. The standard InChI is InChI=1S/C2H6S.C2H5.Mg/c1-2-3;1-2;/h3H,2H2,1H3;1H2,2H3;/q;-1;+2/p-1. The molecule has 0 aliphatic heterocycles. The fraction of sp³-hybridized carbons (Fsp3) is 0.750. The minimum Gasteiger partial charge on any atom is -0.793 e. The van der Waals surface area contributed by atoms with Crippen molar-refractivity contribution in [3.8, 4) is 0 Å². The first kappa shape index (κ1) is 15.7. The Morgan fingerprint density at radius 3 is 1.50 bits per heavy atom. The van der Waals surface area contributed by atoms with Crippen LogP contribution < -0.4 is 0 Å². The van der Waals surface area contributed by atoms with Gasteiger partial charge in [0.05, 0.1) is 0 Å². The fourth-order valence-corrected chi connectivity index (χ4v) is 0. The summed E-state index contributed by atoms with van der Waals surface area (Å²) in [6.45, 7) is 6.94. The molecule has 0 nitrogen and oxygen atoms in total. The maximum atomic E-state index is 4.39. The van der Waals surface area contributed by atoms with Gasteiger partial charge in [0.1, 0.15) is 0 Å². The Bertz CT molecular complexity index is 7.51. The summed E-state index contributed by atoms with van der Waals surface area (Å²) < 4.78 is 0. The first-order valence-corrected chi connectivity index (χ1v) is 2.28. The average molecular weight is 114 g/mol. The van der Waals surface area contributed by atoms with E-state index in [-0.39, 0.29) is 23.1 Å². The van der Waals surface area contributed by atoms with Crippen molar-refractivity contribution in [2.45, 2.75) is 13.8 Å². The Morgan fingerprint density at radius 1 is 1.50 bits per heavy atom. The minimum absolute atomic E-state index is 0. The molecule has 0 saturated heterocycles. The van der Waals surface area contributed by atoms with Gasteiger partial charge in [-0.15, -0.1) is 0 Å². The van der Waals surface area contributed by atoms with E-state index in [4.69, 9.17) is 0 Å². The predicted octanol–water partition coefficient (Wildman–Crippen LogP) is 1.01. The van der Waals surface area contributed by atoms with Crippen molar-refractivity contribution in [3.63, 3.8) is 0 Å². The largest absolute Gasteiger partial charge is 2.00 e. The monoisotopic (exact) mass is 114 g/mol. The van der Waals surface area contributed by atoms with E-state index in [1.54, 1.807) is 6.92 Å². The molecule has 0 amide bonds. The van der Waals surface area contributed by atoms with Gasteiger partial charge in [-0.05, 0) is 0 Å². The average Bonchev–Trinajstić information content (AvgIpc) is 1.46. The number of hydrogen-bond donors (Lipinski definition) is 0. The second-order valence-corrected chi connectivity index (χ2v) is 0.866. The molecule has 0 spiro atoms. The van der Waals surface area contributed by atoms with Crippen LogP contribution >= 0.6 is 0 Å². The van der Waals surface area contributed by atoms with Crippen LogP contribution in [-0.2, 0) is 12.6 Å². The van der Waals surface area contributed by atoms with Gasteiger partial charge in [-0.2, -0.15) is 12.7 Å². The smallest absolute Gasteiger partial charge is 0.793 e. The summed E-state index contributed by atoms with van der Waals surface area (Å²) in [6.07, 6.45) is 0.